The summed E-state index contributed by atoms with van der Waals surface area (Å²) >= 11 is 0. The first-order valence-corrected chi connectivity index (χ1v) is 18.5. The highest BCUT2D eigenvalue weighted by Gasteiger charge is 2.22. The van der Waals surface area contributed by atoms with Crippen LogP contribution < -0.4 is 4.90 Å². The van der Waals surface area contributed by atoms with E-state index in [4.69, 9.17) is 13.8 Å². The Bertz CT molecular complexity index is 3200. The van der Waals surface area contributed by atoms with Crippen molar-refractivity contribution in [3.63, 3.8) is 0 Å². The van der Waals surface area contributed by atoms with E-state index in [9.17, 15) is 0 Å². The van der Waals surface area contributed by atoms with Crippen LogP contribution in [0.15, 0.2) is 203 Å². The molecule has 258 valence electrons. The maximum Gasteiger partial charge on any atom is 0.227 e. The van der Waals surface area contributed by atoms with Crippen LogP contribution in [-0.2, 0) is 0 Å². The summed E-state index contributed by atoms with van der Waals surface area (Å²) in [5.74, 6) is 0.582. The highest BCUT2D eigenvalue weighted by Crippen LogP contribution is 2.44. The van der Waals surface area contributed by atoms with Crippen LogP contribution in [0.2, 0.25) is 0 Å². The summed E-state index contributed by atoms with van der Waals surface area (Å²) < 4.78 is 12.9. The Hall–Kier alpha value is -7.43. The number of oxazole rings is 1. The van der Waals surface area contributed by atoms with Crippen molar-refractivity contribution < 1.29 is 8.83 Å². The fourth-order valence-electron chi connectivity index (χ4n) is 8.07. The Kier molecular flexibility index (Phi) is 7.14. The third-order valence-corrected chi connectivity index (χ3v) is 10.7. The van der Waals surface area contributed by atoms with Gasteiger partial charge in [-0.2, -0.15) is 0 Å². The third kappa shape index (κ3) is 5.26. The van der Waals surface area contributed by atoms with Crippen LogP contribution in [0.3, 0.4) is 0 Å². The molecule has 0 aliphatic heterocycles. The summed E-state index contributed by atoms with van der Waals surface area (Å²) in [6.07, 6.45) is 0. The van der Waals surface area contributed by atoms with Gasteiger partial charge in [0.1, 0.15) is 16.7 Å². The molecule has 55 heavy (non-hydrogen) atoms. The standard InChI is InChI=1S/C51H32N2O2/c1-3-12-33(13-4-1)37-17-11-18-40(30-37)53(41-28-29-43-38(31-41)23-22-34-14-7-8-19-42(34)43)39-26-24-35(25-27-39)48-49-44-20-9-10-21-45(44)54-46(49)32-47-50(48)52-51(55-47)36-15-5-2-6-16-36/h1-32H. The van der Waals surface area contributed by atoms with Gasteiger partial charge in [0.05, 0.1) is 0 Å². The molecule has 0 saturated carbocycles. The molecule has 0 atom stereocenters. The Morgan fingerprint density at radius 1 is 0.364 bits per heavy atom. The number of furan rings is 1. The lowest BCUT2D eigenvalue weighted by Gasteiger charge is -2.27. The molecule has 2 aromatic heterocycles. The fraction of sp³-hybridized carbons (Fsp3) is 0. The maximum atomic E-state index is 6.43. The zero-order chi connectivity index (χ0) is 36.3. The van der Waals surface area contributed by atoms with E-state index < -0.39 is 0 Å². The molecule has 2 heterocycles. The molecule has 9 aromatic carbocycles. The van der Waals surface area contributed by atoms with Crippen molar-refractivity contribution in [2.45, 2.75) is 0 Å². The lowest BCUT2D eigenvalue weighted by molar-refractivity contribution is 0.617. The summed E-state index contributed by atoms with van der Waals surface area (Å²) in [6, 6.07) is 68.2. The zero-order valence-electron chi connectivity index (χ0n) is 29.7. The molecule has 0 aliphatic carbocycles. The van der Waals surface area contributed by atoms with E-state index in [2.05, 4.69) is 150 Å². The average molecular weight is 705 g/mol. The normalized spacial score (nSPS) is 11.6. The average Bonchev–Trinajstić information content (AvgIpc) is 3.85. The summed E-state index contributed by atoms with van der Waals surface area (Å²) in [7, 11) is 0. The second-order valence-electron chi connectivity index (χ2n) is 13.9. The predicted molar refractivity (Wildman–Crippen MR) is 227 cm³/mol. The van der Waals surface area contributed by atoms with Crippen LogP contribution in [0.1, 0.15) is 0 Å². The first kappa shape index (κ1) is 31.1. The fourth-order valence-corrected chi connectivity index (χ4v) is 8.07. The second-order valence-corrected chi connectivity index (χ2v) is 13.9. The SMILES string of the molecule is c1ccc(-c2cccc(N(c3ccc(-c4c5nc(-c6ccccc6)oc5cc5oc6ccccc6c45)cc3)c3ccc4c(ccc5ccccc54)c3)c2)cc1. The van der Waals surface area contributed by atoms with Gasteiger partial charge in [0.15, 0.2) is 5.58 Å². The summed E-state index contributed by atoms with van der Waals surface area (Å²) in [6.45, 7) is 0. The van der Waals surface area contributed by atoms with Gasteiger partial charge in [0.25, 0.3) is 0 Å². The molecule has 4 heteroatoms. The number of fused-ring (bicyclic) bond motifs is 7. The first-order chi connectivity index (χ1) is 27.2. The Morgan fingerprint density at radius 3 is 1.85 bits per heavy atom. The van der Waals surface area contributed by atoms with Crippen molar-refractivity contribution in [2.24, 2.45) is 0 Å². The smallest absolute Gasteiger partial charge is 0.227 e. The minimum atomic E-state index is 0.582. The predicted octanol–water partition coefficient (Wildman–Crippen LogP) is 14.5. The van der Waals surface area contributed by atoms with Crippen molar-refractivity contribution in [2.75, 3.05) is 4.90 Å². The number of nitrogens with zero attached hydrogens (tertiary/aromatic N) is 2. The van der Waals surface area contributed by atoms with E-state index in [0.29, 0.717) is 11.5 Å². The van der Waals surface area contributed by atoms with Crippen molar-refractivity contribution in [1.29, 1.82) is 0 Å². The van der Waals surface area contributed by atoms with Crippen LogP contribution in [0.5, 0.6) is 0 Å². The van der Waals surface area contributed by atoms with Crippen molar-refractivity contribution in [1.82, 2.24) is 4.98 Å². The second kappa shape index (κ2) is 12.6. The molecule has 11 aromatic rings. The van der Waals surface area contributed by atoms with Gasteiger partial charge in [-0.1, -0.05) is 133 Å². The number of anilines is 3. The lowest BCUT2D eigenvalue weighted by atomic mass is 9.97. The molecule has 0 aliphatic rings. The van der Waals surface area contributed by atoms with Gasteiger partial charge >= 0.3 is 0 Å². The van der Waals surface area contributed by atoms with E-state index in [-0.39, 0.29) is 0 Å². The molecule has 0 amide bonds. The van der Waals surface area contributed by atoms with Crippen LogP contribution >= 0.6 is 0 Å². The highest BCUT2D eigenvalue weighted by molar-refractivity contribution is 6.19. The number of hydrogen-bond acceptors (Lipinski definition) is 4. The van der Waals surface area contributed by atoms with Crippen LogP contribution in [0, 0.1) is 0 Å². The molecule has 0 radical (unpaired) electrons. The molecule has 0 bridgehead atoms. The van der Waals surface area contributed by atoms with E-state index in [1.54, 1.807) is 0 Å². The molecule has 0 spiro atoms. The Labute approximate surface area is 317 Å². The van der Waals surface area contributed by atoms with Gasteiger partial charge < -0.3 is 13.7 Å². The van der Waals surface area contributed by atoms with Crippen LogP contribution in [0.25, 0.3) is 88.3 Å². The number of hydrogen-bond donors (Lipinski definition) is 0. The van der Waals surface area contributed by atoms with Gasteiger partial charge in [0, 0.05) is 45.0 Å². The van der Waals surface area contributed by atoms with Crippen LogP contribution in [-0.4, -0.2) is 4.98 Å². The Balaban J connectivity index is 1.10. The van der Waals surface area contributed by atoms with Gasteiger partial charge in [-0.05, 0) is 92.8 Å². The largest absolute Gasteiger partial charge is 0.456 e. The summed E-state index contributed by atoms with van der Waals surface area (Å²) in [4.78, 5) is 7.46. The van der Waals surface area contributed by atoms with E-state index in [1.165, 1.54) is 27.1 Å². The number of para-hydroxylation sites is 1. The van der Waals surface area contributed by atoms with E-state index in [0.717, 1.165) is 66.8 Å². The third-order valence-electron chi connectivity index (χ3n) is 10.7. The number of aromatic nitrogens is 1. The quantitative estimate of drug-likeness (QED) is 0.162. The summed E-state index contributed by atoms with van der Waals surface area (Å²) in [5, 5.41) is 7.00. The first-order valence-electron chi connectivity index (χ1n) is 18.5. The molecular weight excluding hydrogens is 673 g/mol. The molecule has 0 unspecified atom stereocenters. The van der Waals surface area contributed by atoms with Gasteiger partial charge in [-0.25, -0.2) is 4.98 Å². The molecule has 0 N–H and O–H groups in total. The minimum Gasteiger partial charge on any atom is -0.456 e. The zero-order valence-corrected chi connectivity index (χ0v) is 29.7. The molecular formula is C51H32N2O2. The molecule has 0 saturated heterocycles. The van der Waals surface area contributed by atoms with Gasteiger partial charge in [-0.15, -0.1) is 0 Å². The van der Waals surface area contributed by atoms with Crippen LogP contribution in [0.4, 0.5) is 17.1 Å². The minimum absolute atomic E-state index is 0.582. The van der Waals surface area contributed by atoms with Gasteiger partial charge in [-0.3, -0.25) is 0 Å². The molecule has 0 fully saturated rings. The van der Waals surface area contributed by atoms with Crippen molar-refractivity contribution >= 4 is 71.6 Å². The number of benzene rings is 9. The van der Waals surface area contributed by atoms with Crippen molar-refractivity contribution in [3.05, 3.63) is 194 Å². The summed E-state index contributed by atoms with van der Waals surface area (Å²) in [5.41, 5.74) is 11.6. The van der Waals surface area contributed by atoms with E-state index >= 15 is 0 Å². The van der Waals surface area contributed by atoms with Gasteiger partial charge in [0.2, 0.25) is 5.89 Å². The lowest BCUT2D eigenvalue weighted by Crippen LogP contribution is -2.10. The molecule has 11 rings (SSSR count). The Morgan fingerprint density at radius 2 is 1.02 bits per heavy atom. The molecule has 4 nitrogen and oxygen atoms in total. The monoisotopic (exact) mass is 704 g/mol. The van der Waals surface area contributed by atoms with Crippen molar-refractivity contribution in [3.8, 4) is 33.7 Å². The maximum absolute atomic E-state index is 6.43. The topological polar surface area (TPSA) is 42.4 Å². The highest BCUT2D eigenvalue weighted by atomic mass is 16.4. The van der Waals surface area contributed by atoms with E-state index in [1.807, 2.05) is 48.5 Å². The number of rotatable bonds is 6.